The molecular formula is C27H24BrClN2O3. The SMILES string of the molecule is COC(=O)C1=C(C)N(c2cccc(Br)c2)C(=O)/C1=C\c1cc(C)n(-c2cc(Cl)ccc2C)c1C. The summed E-state index contributed by atoms with van der Waals surface area (Å²) in [6, 6.07) is 15.2. The molecule has 0 N–H and O–H groups in total. The van der Waals surface area contributed by atoms with Crippen LogP contribution in [-0.4, -0.2) is 23.6 Å². The van der Waals surface area contributed by atoms with E-state index in [1.54, 1.807) is 17.9 Å². The Morgan fingerprint density at radius 1 is 1.06 bits per heavy atom. The van der Waals surface area contributed by atoms with E-state index in [0.717, 1.165) is 32.7 Å². The van der Waals surface area contributed by atoms with Crippen LogP contribution >= 0.6 is 27.5 Å². The first kappa shape index (κ1) is 24.0. The largest absolute Gasteiger partial charge is 0.465 e. The molecule has 7 heteroatoms. The van der Waals surface area contributed by atoms with Crippen molar-refractivity contribution in [3.63, 3.8) is 0 Å². The predicted molar refractivity (Wildman–Crippen MR) is 139 cm³/mol. The fraction of sp³-hybridized carbons (Fsp3) is 0.185. The third-order valence-electron chi connectivity index (χ3n) is 6.04. The number of carbonyl (C=O) groups is 2. The molecule has 0 bridgehead atoms. The van der Waals surface area contributed by atoms with Crippen molar-refractivity contribution in [2.45, 2.75) is 27.7 Å². The van der Waals surface area contributed by atoms with Crippen molar-refractivity contribution in [3.05, 3.63) is 97.4 Å². The highest BCUT2D eigenvalue weighted by molar-refractivity contribution is 9.10. The van der Waals surface area contributed by atoms with E-state index in [1.165, 1.54) is 7.11 Å². The zero-order chi connectivity index (χ0) is 24.7. The van der Waals surface area contributed by atoms with Crippen LogP contribution in [0.25, 0.3) is 11.8 Å². The van der Waals surface area contributed by atoms with Gasteiger partial charge >= 0.3 is 5.97 Å². The van der Waals surface area contributed by atoms with E-state index < -0.39 is 5.97 Å². The van der Waals surface area contributed by atoms with Crippen molar-refractivity contribution in [3.8, 4) is 5.69 Å². The van der Waals surface area contributed by atoms with Crippen LogP contribution in [0.3, 0.4) is 0 Å². The summed E-state index contributed by atoms with van der Waals surface area (Å²) in [6.07, 6.45) is 1.77. The predicted octanol–water partition coefficient (Wildman–Crippen LogP) is 6.70. The lowest BCUT2D eigenvalue weighted by molar-refractivity contribution is -0.136. The number of ether oxygens (including phenoxy) is 1. The van der Waals surface area contributed by atoms with Crippen molar-refractivity contribution in [2.75, 3.05) is 12.0 Å². The minimum absolute atomic E-state index is 0.260. The lowest BCUT2D eigenvalue weighted by Crippen LogP contribution is -2.24. The standard InChI is InChI=1S/C27H24BrClN2O3/c1-15-9-10-21(29)14-24(15)30-16(2)11-19(17(30)3)12-23-25(27(33)34-5)18(4)31(26(23)32)22-8-6-7-20(28)13-22/h6-14H,1-5H3/b23-12-. The first-order chi connectivity index (χ1) is 16.1. The van der Waals surface area contributed by atoms with Crippen LogP contribution in [0.5, 0.6) is 0 Å². The molecule has 34 heavy (non-hydrogen) atoms. The average molecular weight is 540 g/mol. The average Bonchev–Trinajstić information content (AvgIpc) is 3.21. The van der Waals surface area contributed by atoms with E-state index in [2.05, 4.69) is 20.5 Å². The van der Waals surface area contributed by atoms with Crippen LogP contribution < -0.4 is 4.90 Å². The number of benzene rings is 2. The van der Waals surface area contributed by atoms with E-state index in [-0.39, 0.29) is 11.5 Å². The van der Waals surface area contributed by atoms with Gasteiger partial charge in [0.1, 0.15) is 0 Å². The molecule has 1 aromatic heterocycles. The molecule has 0 saturated heterocycles. The number of halogens is 2. The molecule has 3 aromatic rings. The van der Waals surface area contributed by atoms with Crippen LogP contribution in [0.1, 0.15) is 29.4 Å². The van der Waals surface area contributed by atoms with E-state index in [0.29, 0.717) is 22.0 Å². The van der Waals surface area contributed by atoms with E-state index in [1.807, 2.05) is 69.3 Å². The van der Waals surface area contributed by atoms with Gasteiger partial charge in [0.2, 0.25) is 0 Å². The molecule has 2 heterocycles. The Kier molecular flexibility index (Phi) is 6.56. The van der Waals surface area contributed by atoms with Gasteiger partial charge in [-0.05, 0) is 81.3 Å². The first-order valence-corrected chi connectivity index (χ1v) is 11.9. The number of anilines is 1. The molecule has 1 aliphatic heterocycles. The molecule has 0 spiro atoms. The number of aryl methyl sites for hydroxylation is 2. The minimum atomic E-state index is -0.547. The Balaban J connectivity index is 1.88. The van der Waals surface area contributed by atoms with Crippen LogP contribution in [0.2, 0.25) is 5.02 Å². The summed E-state index contributed by atoms with van der Waals surface area (Å²) in [6.45, 7) is 7.77. The summed E-state index contributed by atoms with van der Waals surface area (Å²) in [7, 11) is 1.32. The molecule has 5 nitrogen and oxygen atoms in total. The van der Waals surface area contributed by atoms with Gasteiger partial charge in [-0.25, -0.2) is 4.79 Å². The van der Waals surface area contributed by atoms with Gasteiger partial charge in [0, 0.05) is 32.3 Å². The summed E-state index contributed by atoms with van der Waals surface area (Å²) in [5.74, 6) is -0.825. The number of hydrogen-bond donors (Lipinski definition) is 0. The Morgan fingerprint density at radius 3 is 2.47 bits per heavy atom. The normalized spacial score (nSPS) is 15.0. The Morgan fingerprint density at radius 2 is 1.79 bits per heavy atom. The van der Waals surface area contributed by atoms with E-state index >= 15 is 0 Å². The van der Waals surface area contributed by atoms with Crippen molar-refractivity contribution in [2.24, 2.45) is 0 Å². The van der Waals surface area contributed by atoms with Gasteiger partial charge in [-0.3, -0.25) is 9.69 Å². The summed E-state index contributed by atoms with van der Waals surface area (Å²) in [4.78, 5) is 27.9. The number of hydrogen-bond acceptors (Lipinski definition) is 3. The molecule has 0 radical (unpaired) electrons. The number of allylic oxidation sites excluding steroid dienone is 1. The number of nitrogens with zero attached hydrogens (tertiary/aromatic N) is 2. The van der Waals surface area contributed by atoms with Gasteiger partial charge in [-0.2, -0.15) is 0 Å². The number of methoxy groups -OCH3 is 1. The lowest BCUT2D eigenvalue weighted by atomic mass is 10.0. The number of carbonyl (C=O) groups excluding carboxylic acids is 2. The molecule has 0 saturated carbocycles. The topological polar surface area (TPSA) is 51.5 Å². The number of rotatable bonds is 4. The molecule has 0 atom stereocenters. The van der Waals surface area contributed by atoms with Gasteiger partial charge in [-0.1, -0.05) is 39.7 Å². The third-order valence-corrected chi connectivity index (χ3v) is 6.77. The highest BCUT2D eigenvalue weighted by atomic mass is 79.9. The fourth-order valence-corrected chi connectivity index (χ4v) is 4.94. The molecule has 1 aliphatic rings. The number of amides is 1. The maximum Gasteiger partial charge on any atom is 0.340 e. The van der Waals surface area contributed by atoms with Crippen LogP contribution in [0.4, 0.5) is 5.69 Å². The van der Waals surface area contributed by atoms with Crippen LogP contribution in [-0.2, 0) is 14.3 Å². The maximum absolute atomic E-state index is 13.6. The van der Waals surface area contributed by atoms with Crippen molar-refractivity contribution in [1.82, 2.24) is 4.57 Å². The van der Waals surface area contributed by atoms with Gasteiger partial charge in [-0.15, -0.1) is 0 Å². The highest BCUT2D eigenvalue weighted by Gasteiger charge is 2.38. The maximum atomic E-state index is 13.6. The van der Waals surface area contributed by atoms with Crippen molar-refractivity contribution < 1.29 is 14.3 Å². The summed E-state index contributed by atoms with van der Waals surface area (Å²) >= 11 is 9.73. The Hall–Kier alpha value is -3.09. The van der Waals surface area contributed by atoms with Crippen molar-refractivity contribution in [1.29, 1.82) is 0 Å². The second-order valence-electron chi connectivity index (χ2n) is 8.22. The summed E-state index contributed by atoms with van der Waals surface area (Å²) in [5.41, 5.74) is 6.57. The van der Waals surface area contributed by atoms with E-state index in [9.17, 15) is 9.59 Å². The van der Waals surface area contributed by atoms with Crippen LogP contribution in [0.15, 0.2) is 69.8 Å². The smallest absolute Gasteiger partial charge is 0.340 e. The van der Waals surface area contributed by atoms with Gasteiger partial charge in [0.25, 0.3) is 5.91 Å². The molecule has 0 aliphatic carbocycles. The summed E-state index contributed by atoms with van der Waals surface area (Å²) in [5, 5.41) is 0.648. The molecule has 174 valence electrons. The Labute approximate surface area is 212 Å². The zero-order valence-corrected chi connectivity index (χ0v) is 21.9. The lowest BCUT2D eigenvalue weighted by Gasteiger charge is -2.18. The van der Waals surface area contributed by atoms with Gasteiger partial charge < -0.3 is 9.30 Å². The molecule has 1 amide bonds. The number of esters is 1. The van der Waals surface area contributed by atoms with Gasteiger partial charge in [0.15, 0.2) is 0 Å². The fourth-order valence-electron chi connectivity index (χ4n) is 4.39. The van der Waals surface area contributed by atoms with Crippen molar-refractivity contribution >= 4 is 51.2 Å². The monoisotopic (exact) mass is 538 g/mol. The Bertz CT molecular complexity index is 1400. The first-order valence-electron chi connectivity index (χ1n) is 10.7. The summed E-state index contributed by atoms with van der Waals surface area (Å²) < 4.78 is 7.98. The molecule has 4 rings (SSSR count). The number of aromatic nitrogens is 1. The van der Waals surface area contributed by atoms with Crippen LogP contribution in [0, 0.1) is 20.8 Å². The molecule has 0 fully saturated rings. The molecule has 2 aromatic carbocycles. The zero-order valence-electron chi connectivity index (χ0n) is 19.6. The van der Waals surface area contributed by atoms with E-state index in [4.69, 9.17) is 16.3 Å². The second kappa shape index (κ2) is 9.28. The second-order valence-corrected chi connectivity index (χ2v) is 9.58. The van der Waals surface area contributed by atoms with Gasteiger partial charge in [0.05, 0.1) is 23.9 Å². The molecular weight excluding hydrogens is 516 g/mol. The minimum Gasteiger partial charge on any atom is -0.465 e. The third kappa shape index (κ3) is 4.12. The highest BCUT2D eigenvalue weighted by Crippen LogP contribution is 2.37. The molecule has 0 unspecified atom stereocenters. The quantitative estimate of drug-likeness (QED) is 0.274.